The molecule has 0 amide bonds. The second-order valence-electron chi connectivity index (χ2n) is 8.38. The van der Waals surface area contributed by atoms with E-state index in [4.69, 9.17) is 14.5 Å². The number of nitrogens with one attached hydrogen (secondary N) is 1. The van der Waals surface area contributed by atoms with Gasteiger partial charge in [0, 0.05) is 43.1 Å². The van der Waals surface area contributed by atoms with Crippen LogP contribution in [-0.2, 0) is 13.1 Å². The number of pyridine rings is 1. The number of anilines is 2. The highest BCUT2D eigenvalue weighted by molar-refractivity contribution is 6.13. The summed E-state index contributed by atoms with van der Waals surface area (Å²) in [4.78, 5) is 6.89. The molecule has 10 nitrogen and oxygen atoms in total. The molecular weight excluding hydrogens is 422 g/mol. The van der Waals surface area contributed by atoms with Crippen molar-refractivity contribution in [3.05, 3.63) is 36.2 Å². The van der Waals surface area contributed by atoms with E-state index in [0.29, 0.717) is 12.4 Å². The van der Waals surface area contributed by atoms with Gasteiger partial charge in [-0.2, -0.15) is 5.10 Å². The number of aliphatic hydroxyl groups is 1. The SMILES string of the molecule is CCn1ncc2c3c(NCc4ccc5c(c4)OCO5)nnc(N4CCC(O)CC4)c3cnc21. The van der Waals surface area contributed by atoms with Crippen molar-refractivity contribution < 1.29 is 14.6 Å². The lowest BCUT2D eigenvalue weighted by Crippen LogP contribution is -2.36. The zero-order valence-electron chi connectivity index (χ0n) is 18.4. The van der Waals surface area contributed by atoms with E-state index in [-0.39, 0.29) is 12.9 Å². The Morgan fingerprint density at radius 2 is 1.94 bits per heavy atom. The Morgan fingerprint density at radius 1 is 1.09 bits per heavy atom. The summed E-state index contributed by atoms with van der Waals surface area (Å²) < 4.78 is 12.8. The number of fused-ring (bicyclic) bond motifs is 4. The number of hydrogen-bond acceptors (Lipinski definition) is 9. The van der Waals surface area contributed by atoms with Crippen molar-refractivity contribution in [2.75, 3.05) is 30.1 Å². The Hall–Kier alpha value is -3.66. The first-order valence-corrected chi connectivity index (χ1v) is 11.3. The second kappa shape index (κ2) is 8.04. The topological polar surface area (TPSA) is 110 Å². The number of hydrogen-bond donors (Lipinski definition) is 2. The molecule has 5 heterocycles. The van der Waals surface area contributed by atoms with E-state index in [2.05, 4.69) is 25.5 Å². The number of piperidine rings is 1. The third-order valence-electron chi connectivity index (χ3n) is 6.35. The minimum absolute atomic E-state index is 0.254. The molecule has 0 bridgehead atoms. The van der Waals surface area contributed by atoms with Crippen LogP contribution >= 0.6 is 0 Å². The van der Waals surface area contributed by atoms with Crippen LogP contribution in [0.5, 0.6) is 11.5 Å². The summed E-state index contributed by atoms with van der Waals surface area (Å²) in [6, 6.07) is 5.91. The number of aryl methyl sites for hydroxylation is 1. The molecule has 3 aromatic heterocycles. The van der Waals surface area contributed by atoms with E-state index < -0.39 is 0 Å². The van der Waals surface area contributed by atoms with E-state index in [1.807, 2.05) is 42.2 Å². The molecule has 1 saturated heterocycles. The predicted octanol–water partition coefficient (Wildman–Crippen LogP) is 2.70. The van der Waals surface area contributed by atoms with Crippen LogP contribution in [0, 0.1) is 0 Å². The molecular formula is C23H25N7O3. The van der Waals surface area contributed by atoms with Crippen LogP contribution in [0.25, 0.3) is 21.8 Å². The van der Waals surface area contributed by atoms with Gasteiger partial charge in [0.05, 0.1) is 17.7 Å². The molecule has 0 atom stereocenters. The lowest BCUT2D eigenvalue weighted by atomic mass is 10.1. The monoisotopic (exact) mass is 447 g/mol. The summed E-state index contributed by atoms with van der Waals surface area (Å²) in [5.74, 6) is 3.00. The standard InChI is InChI=1S/C23H25N7O3/c1-2-30-22-17(12-26-30)20-16(11-25-22)23(29-7-5-15(31)6-8-29)28-27-21(20)24-10-14-3-4-18-19(9-14)33-13-32-18/h3-4,9,11-12,15,31H,2,5-8,10,13H2,1H3,(H,24,27). The fourth-order valence-corrected chi connectivity index (χ4v) is 4.56. The summed E-state index contributed by atoms with van der Waals surface area (Å²) in [6.45, 7) is 5.07. The number of benzene rings is 1. The second-order valence-corrected chi connectivity index (χ2v) is 8.38. The third-order valence-corrected chi connectivity index (χ3v) is 6.35. The molecule has 6 rings (SSSR count). The highest BCUT2D eigenvalue weighted by Crippen LogP contribution is 2.36. The summed E-state index contributed by atoms with van der Waals surface area (Å²) in [6.07, 6.45) is 4.90. The van der Waals surface area contributed by atoms with Crippen LogP contribution in [0.4, 0.5) is 11.6 Å². The molecule has 4 aromatic rings. The summed E-state index contributed by atoms with van der Waals surface area (Å²) in [7, 11) is 0. The number of aromatic nitrogens is 5. The molecule has 0 unspecified atom stereocenters. The zero-order chi connectivity index (χ0) is 22.4. The first kappa shape index (κ1) is 20.0. The van der Waals surface area contributed by atoms with E-state index >= 15 is 0 Å². The van der Waals surface area contributed by atoms with Crippen LogP contribution in [0.2, 0.25) is 0 Å². The molecule has 33 heavy (non-hydrogen) atoms. The highest BCUT2D eigenvalue weighted by Gasteiger charge is 2.23. The maximum atomic E-state index is 9.93. The van der Waals surface area contributed by atoms with E-state index in [0.717, 1.165) is 77.2 Å². The lowest BCUT2D eigenvalue weighted by Gasteiger charge is -2.31. The Bertz CT molecular complexity index is 1330. The summed E-state index contributed by atoms with van der Waals surface area (Å²) in [5, 5.41) is 29.9. The van der Waals surface area contributed by atoms with Crippen molar-refractivity contribution in [2.45, 2.75) is 39.0 Å². The van der Waals surface area contributed by atoms with Gasteiger partial charge in [0.25, 0.3) is 0 Å². The molecule has 0 radical (unpaired) electrons. The van der Waals surface area contributed by atoms with Crippen molar-refractivity contribution in [3.63, 3.8) is 0 Å². The largest absolute Gasteiger partial charge is 0.454 e. The zero-order valence-corrected chi connectivity index (χ0v) is 18.4. The van der Waals surface area contributed by atoms with Crippen LogP contribution < -0.4 is 19.7 Å². The fourth-order valence-electron chi connectivity index (χ4n) is 4.56. The van der Waals surface area contributed by atoms with Crippen molar-refractivity contribution in [3.8, 4) is 11.5 Å². The minimum atomic E-state index is -0.254. The maximum Gasteiger partial charge on any atom is 0.231 e. The van der Waals surface area contributed by atoms with E-state index in [9.17, 15) is 5.11 Å². The van der Waals surface area contributed by atoms with Gasteiger partial charge in [-0.15, -0.1) is 10.2 Å². The Balaban J connectivity index is 1.41. The Morgan fingerprint density at radius 3 is 2.79 bits per heavy atom. The van der Waals surface area contributed by atoms with E-state index in [1.165, 1.54) is 0 Å². The number of rotatable bonds is 5. The third kappa shape index (κ3) is 3.46. The Labute approximate surface area is 190 Å². The van der Waals surface area contributed by atoms with Gasteiger partial charge in [-0.25, -0.2) is 9.67 Å². The van der Waals surface area contributed by atoms with Gasteiger partial charge < -0.3 is 24.8 Å². The van der Waals surface area contributed by atoms with Gasteiger partial charge >= 0.3 is 0 Å². The summed E-state index contributed by atoms with van der Waals surface area (Å²) >= 11 is 0. The van der Waals surface area contributed by atoms with Crippen molar-refractivity contribution in [2.24, 2.45) is 0 Å². The molecule has 10 heteroatoms. The highest BCUT2D eigenvalue weighted by atomic mass is 16.7. The predicted molar refractivity (Wildman–Crippen MR) is 124 cm³/mol. The van der Waals surface area contributed by atoms with Crippen molar-refractivity contribution in [1.82, 2.24) is 25.0 Å². The first-order valence-electron chi connectivity index (χ1n) is 11.3. The smallest absolute Gasteiger partial charge is 0.231 e. The maximum absolute atomic E-state index is 9.93. The lowest BCUT2D eigenvalue weighted by molar-refractivity contribution is 0.145. The first-order chi connectivity index (χ1) is 16.2. The van der Waals surface area contributed by atoms with Crippen LogP contribution in [0.1, 0.15) is 25.3 Å². The molecule has 0 aliphatic carbocycles. The molecule has 170 valence electrons. The van der Waals surface area contributed by atoms with Gasteiger partial charge in [0.15, 0.2) is 28.8 Å². The minimum Gasteiger partial charge on any atom is -0.454 e. The van der Waals surface area contributed by atoms with Gasteiger partial charge in [-0.1, -0.05) is 6.07 Å². The molecule has 2 aliphatic rings. The average Bonchev–Trinajstić information content (AvgIpc) is 3.49. The molecule has 2 aliphatic heterocycles. The summed E-state index contributed by atoms with van der Waals surface area (Å²) in [5.41, 5.74) is 1.88. The quantitative estimate of drug-likeness (QED) is 0.477. The van der Waals surface area contributed by atoms with Crippen LogP contribution in [0.15, 0.2) is 30.6 Å². The molecule has 0 spiro atoms. The fraction of sp³-hybridized carbons (Fsp3) is 0.391. The van der Waals surface area contributed by atoms with Crippen LogP contribution in [0.3, 0.4) is 0 Å². The average molecular weight is 447 g/mol. The molecule has 1 fully saturated rings. The van der Waals surface area contributed by atoms with Gasteiger partial charge in [-0.3, -0.25) is 0 Å². The van der Waals surface area contributed by atoms with E-state index in [1.54, 1.807) is 0 Å². The van der Waals surface area contributed by atoms with Crippen molar-refractivity contribution in [1.29, 1.82) is 0 Å². The van der Waals surface area contributed by atoms with Gasteiger partial charge in [-0.05, 0) is 37.5 Å². The van der Waals surface area contributed by atoms with Gasteiger partial charge in [0.2, 0.25) is 6.79 Å². The number of aliphatic hydroxyl groups excluding tert-OH is 1. The number of ether oxygens (including phenoxy) is 2. The van der Waals surface area contributed by atoms with Crippen molar-refractivity contribution >= 4 is 33.4 Å². The normalized spacial score (nSPS) is 16.1. The molecule has 0 saturated carbocycles. The van der Waals surface area contributed by atoms with Crippen LogP contribution in [-0.4, -0.2) is 56.1 Å². The van der Waals surface area contributed by atoms with Gasteiger partial charge in [0.1, 0.15) is 0 Å². The Kier molecular flexibility index (Phi) is 4.87. The molecule has 1 aromatic carbocycles. The molecule has 2 N–H and O–H groups in total. The number of nitrogens with zero attached hydrogens (tertiary/aromatic N) is 6.